The monoisotopic (exact) mass is 566 g/mol. The molecule has 2 aliphatic rings. The van der Waals surface area contributed by atoms with Crippen LogP contribution in [0.1, 0.15) is 59.7 Å². The van der Waals surface area contributed by atoms with E-state index in [9.17, 15) is 27.2 Å². The maximum atomic E-state index is 13.9. The lowest BCUT2D eigenvalue weighted by atomic mass is 9.83. The number of aryl methyl sites for hydroxylation is 1. The molecule has 1 aromatic carbocycles. The summed E-state index contributed by atoms with van der Waals surface area (Å²) in [4.78, 5) is 31.2. The third-order valence-corrected chi connectivity index (χ3v) is 7.63. The lowest BCUT2D eigenvalue weighted by Gasteiger charge is -2.30. The molecular weight excluding hydrogens is 536 g/mol. The summed E-state index contributed by atoms with van der Waals surface area (Å²) in [6.07, 6.45) is -2.18. The molecule has 2 N–H and O–H groups in total. The number of hydrogen-bond donors (Lipinski definition) is 2. The first-order valence-electron chi connectivity index (χ1n) is 13.0. The van der Waals surface area contributed by atoms with Gasteiger partial charge in [-0.3, -0.25) is 9.48 Å². The van der Waals surface area contributed by atoms with E-state index < -0.39 is 43.0 Å². The van der Waals surface area contributed by atoms with Gasteiger partial charge in [-0.25, -0.2) is 14.2 Å². The van der Waals surface area contributed by atoms with E-state index in [4.69, 9.17) is 9.15 Å². The minimum Gasteiger partial charge on any atom is -0.438 e. The highest BCUT2D eigenvalue weighted by Crippen LogP contribution is 2.37. The fourth-order valence-electron chi connectivity index (χ4n) is 5.44. The van der Waals surface area contributed by atoms with Gasteiger partial charge in [-0.15, -0.1) is 0 Å². The Balaban J connectivity index is 1.44. The second kappa shape index (κ2) is 11.1. The zero-order valence-corrected chi connectivity index (χ0v) is 21.9. The fraction of sp³-hybridized carbons (Fsp3) is 0.538. The average Bonchev–Trinajstić information content (AvgIpc) is 3.63. The van der Waals surface area contributed by atoms with Gasteiger partial charge in [0.2, 0.25) is 5.89 Å². The number of alkyl halides is 4. The lowest BCUT2D eigenvalue weighted by molar-refractivity contribution is -0.150. The van der Waals surface area contributed by atoms with Gasteiger partial charge < -0.3 is 24.7 Å². The molecule has 0 bridgehead atoms. The van der Waals surface area contributed by atoms with Crippen molar-refractivity contribution in [1.29, 1.82) is 0 Å². The molecule has 216 valence electrons. The third-order valence-electron chi connectivity index (χ3n) is 7.63. The first-order valence-corrected chi connectivity index (χ1v) is 13.0. The zero-order chi connectivity index (χ0) is 28.6. The van der Waals surface area contributed by atoms with E-state index in [1.165, 1.54) is 18.0 Å². The molecule has 3 atom stereocenters. The Morgan fingerprint density at radius 1 is 1.25 bits per heavy atom. The Morgan fingerprint density at radius 2 is 2.00 bits per heavy atom. The number of ether oxygens (including phenoxy) is 1. The van der Waals surface area contributed by atoms with Crippen LogP contribution in [-0.4, -0.2) is 70.3 Å². The number of aromatic nitrogens is 3. The summed E-state index contributed by atoms with van der Waals surface area (Å²) in [5.41, 5.74) is 1.65. The van der Waals surface area contributed by atoms with Crippen LogP contribution in [0.3, 0.4) is 0 Å². The summed E-state index contributed by atoms with van der Waals surface area (Å²) >= 11 is 0. The van der Waals surface area contributed by atoms with E-state index in [1.54, 1.807) is 31.3 Å². The molecule has 14 heteroatoms. The van der Waals surface area contributed by atoms with Crippen LogP contribution >= 0.6 is 0 Å². The molecule has 3 amide bonds. The van der Waals surface area contributed by atoms with Gasteiger partial charge in [0.15, 0.2) is 5.58 Å². The van der Waals surface area contributed by atoms with Crippen molar-refractivity contribution in [3.63, 3.8) is 0 Å². The van der Waals surface area contributed by atoms with Crippen LogP contribution in [0.2, 0.25) is 0 Å². The number of fused-ring (bicyclic) bond motifs is 1. The quantitative estimate of drug-likeness (QED) is 0.395. The Labute approximate surface area is 227 Å². The summed E-state index contributed by atoms with van der Waals surface area (Å²) in [5, 5.41) is 9.00. The molecule has 2 fully saturated rings. The number of urea groups is 1. The summed E-state index contributed by atoms with van der Waals surface area (Å²) in [6.45, 7) is -0.595. The number of nitrogens with zero attached hydrogens (tertiary/aromatic N) is 4. The zero-order valence-electron chi connectivity index (χ0n) is 21.9. The van der Waals surface area contributed by atoms with Crippen LogP contribution < -0.4 is 10.6 Å². The Hall–Kier alpha value is -3.68. The minimum absolute atomic E-state index is 0.0376. The van der Waals surface area contributed by atoms with Crippen molar-refractivity contribution in [3.8, 4) is 0 Å². The lowest BCUT2D eigenvalue weighted by Crippen LogP contribution is -2.40. The molecule has 1 saturated carbocycles. The van der Waals surface area contributed by atoms with Crippen LogP contribution in [0, 0.1) is 5.92 Å². The van der Waals surface area contributed by atoms with E-state index in [0.29, 0.717) is 48.0 Å². The van der Waals surface area contributed by atoms with Crippen molar-refractivity contribution in [2.24, 2.45) is 13.0 Å². The molecule has 1 aliphatic heterocycles. The van der Waals surface area contributed by atoms with Crippen LogP contribution in [0.25, 0.3) is 11.1 Å². The molecule has 0 spiro atoms. The smallest absolute Gasteiger partial charge is 0.410 e. The summed E-state index contributed by atoms with van der Waals surface area (Å²) < 4.78 is 66.5. The third kappa shape index (κ3) is 5.62. The van der Waals surface area contributed by atoms with Crippen LogP contribution in [0.5, 0.6) is 0 Å². The topological polar surface area (TPSA) is 115 Å². The molecule has 3 aromatic rings. The van der Waals surface area contributed by atoms with Gasteiger partial charge in [-0.2, -0.15) is 18.3 Å². The van der Waals surface area contributed by atoms with E-state index in [-0.39, 0.29) is 24.3 Å². The van der Waals surface area contributed by atoms with Crippen molar-refractivity contribution in [2.45, 2.75) is 56.2 Å². The Kier molecular flexibility index (Phi) is 7.71. The highest BCUT2D eigenvalue weighted by Gasteiger charge is 2.48. The van der Waals surface area contributed by atoms with Gasteiger partial charge in [0.25, 0.3) is 5.91 Å². The standard InChI is InChI=1S/C26H30F4N6O4/c1-35-18(9-10-31-35)23(37)34-22(14-3-6-16(27)7-4-14)24-32-17-11-15(5-8-20(17)40-24)19(13-39-2)36-12-21(26(28,29)30)33-25(36)38/h5,8-11,14,16,19,21-22H,3-4,6-7,12-13H2,1-2H3,(H,33,38)(H,34,37)/t14?,16?,19-,21+,22+/m1/s1. The van der Waals surface area contributed by atoms with Gasteiger partial charge in [0.1, 0.15) is 29.5 Å². The Bertz CT molecular complexity index is 1370. The van der Waals surface area contributed by atoms with E-state index in [2.05, 4.69) is 15.4 Å². The highest BCUT2D eigenvalue weighted by atomic mass is 19.4. The molecule has 1 saturated heterocycles. The van der Waals surface area contributed by atoms with Crippen LogP contribution in [0.4, 0.5) is 22.4 Å². The molecule has 1 aliphatic carbocycles. The number of nitrogens with one attached hydrogen (secondary N) is 2. The molecule has 0 unspecified atom stereocenters. The second-order valence-electron chi connectivity index (χ2n) is 10.2. The summed E-state index contributed by atoms with van der Waals surface area (Å²) in [6, 6.07) is 2.22. The first-order chi connectivity index (χ1) is 19.0. The van der Waals surface area contributed by atoms with E-state index in [0.717, 1.165) is 4.90 Å². The molecule has 0 radical (unpaired) electrons. The maximum absolute atomic E-state index is 13.9. The normalized spacial score (nSPS) is 23.3. The van der Waals surface area contributed by atoms with Gasteiger partial charge >= 0.3 is 12.2 Å². The van der Waals surface area contributed by atoms with Crippen LogP contribution in [-0.2, 0) is 11.8 Å². The van der Waals surface area contributed by atoms with Crippen LogP contribution in [0.15, 0.2) is 34.9 Å². The highest BCUT2D eigenvalue weighted by molar-refractivity contribution is 5.92. The number of hydrogen-bond acceptors (Lipinski definition) is 6. The SMILES string of the molecule is COC[C@H](c1ccc2oc([C@@H](NC(=O)c3ccnn3C)C3CCC(F)CC3)nc2c1)N1C[C@@H](C(F)(F)F)NC1=O. The van der Waals surface area contributed by atoms with Crippen molar-refractivity contribution in [3.05, 3.63) is 47.6 Å². The molecular formula is C26H30F4N6O4. The van der Waals surface area contributed by atoms with Gasteiger partial charge in [-0.1, -0.05) is 6.07 Å². The summed E-state index contributed by atoms with van der Waals surface area (Å²) in [5.74, 6) is -0.260. The second-order valence-corrected chi connectivity index (χ2v) is 10.2. The average molecular weight is 567 g/mol. The molecule has 10 nitrogen and oxygen atoms in total. The van der Waals surface area contributed by atoms with Crippen molar-refractivity contribution >= 4 is 23.0 Å². The number of carbonyl (C=O) groups is 2. The molecule has 3 heterocycles. The van der Waals surface area contributed by atoms with Gasteiger partial charge in [0, 0.05) is 20.4 Å². The maximum Gasteiger partial charge on any atom is 0.410 e. The minimum atomic E-state index is -4.58. The number of rotatable bonds is 8. The van der Waals surface area contributed by atoms with Crippen molar-refractivity contribution in [2.75, 3.05) is 20.3 Å². The van der Waals surface area contributed by atoms with Gasteiger partial charge in [-0.05, 0) is 55.4 Å². The van der Waals surface area contributed by atoms with Crippen molar-refractivity contribution < 1.29 is 36.3 Å². The number of carbonyl (C=O) groups excluding carboxylic acids is 2. The fourth-order valence-corrected chi connectivity index (χ4v) is 5.44. The predicted molar refractivity (Wildman–Crippen MR) is 134 cm³/mol. The first kappa shape index (κ1) is 27.9. The number of halogens is 4. The largest absolute Gasteiger partial charge is 0.438 e. The number of oxazole rings is 1. The molecule has 2 aromatic heterocycles. The van der Waals surface area contributed by atoms with Crippen molar-refractivity contribution in [1.82, 2.24) is 30.3 Å². The number of methoxy groups -OCH3 is 1. The Morgan fingerprint density at radius 3 is 2.62 bits per heavy atom. The number of amides is 3. The number of benzene rings is 1. The molecule has 5 rings (SSSR count). The predicted octanol–water partition coefficient (Wildman–Crippen LogP) is 4.20. The van der Waals surface area contributed by atoms with E-state index >= 15 is 0 Å². The molecule has 40 heavy (non-hydrogen) atoms. The van der Waals surface area contributed by atoms with E-state index in [1.807, 2.05) is 5.32 Å². The summed E-state index contributed by atoms with van der Waals surface area (Å²) in [7, 11) is 3.05. The van der Waals surface area contributed by atoms with Gasteiger partial charge in [0.05, 0.1) is 19.2 Å².